The molecule has 0 bridgehead atoms. The molecular weight excluding hydrogens is 242 g/mol. The van der Waals surface area contributed by atoms with Gasteiger partial charge < -0.3 is 5.32 Å². The Morgan fingerprint density at radius 3 is 2.79 bits per heavy atom. The van der Waals surface area contributed by atoms with Crippen molar-refractivity contribution in [3.05, 3.63) is 36.5 Å². The predicted molar refractivity (Wildman–Crippen MR) is 71.5 cm³/mol. The van der Waals surface area contributed by atoms with Crippen LogP contribution in [0.3, 0.4) is 0 Å². The van der Waals surface area contributed by atoms with Gasteiger partial charge in [0, 0.05) is 18.0 Å². The number of benzene rings is 1. The van der Waals surface area contributed by atoms with Crippen molar-refractivity contribution in [3.63, 3.8) is 0 Å². The Hall–Kier alpha value is -2.43. The zero-order chi connectivity index (χ0) is 13.2. The highest BCUT2D eigenvalue weighted by atomic mass is 16.2. The zero-order valence-corrected chi connectivity index (χ0v) is 10.2. The highest BCUT2D eigenvalue weighted by molar-refractivity contribution is 6.01. The van der Waals surface area contributed by atoms with Crippen LogP contribution in [0.5, 0.6) is 0 Å². The Balaban J connectivity index is 1.81. The van der Waals surface area contributed by atoms with Gasteiger partial charge in [0.15, 0.2) is 0 Å². The van der Waals surface area contributed by atoms with Crippen LogP contribution >= 0.6 is 0 Å². The van der Waals surface area contributed by atoms with Crippen LogP contribution in [-0.2, 0) is 9.59 Å². The first-order valence-corrected chi connectivity index (χ1v) is 6.17. The number of nitrogens with one attached hydrogen (secondary N) is 2. The van der Waals surface area contributed by atoms with E-state index in [1.807, 2.05) is 30.3 Å². The molecule has 1 saturated heterocycles. The summed E-state index contributed by atoms with van der Waals surface area (Å²) in [5, 5.41) is 7.50. The number of hydrogen-bond acceptors (Lipinski definition) is 4. The number of aromatic nitrogens is 1. The maximum absolute atomic E-state index is 11.7. The van der Waals surface area contributed by atoms with E-state index >= 15 is 0 Å². The molecule has 1 atom stereocenters. The summed E-state index contributed by atoms with van der Waals surface area (Å²) >= 11 is 0. The van der Waals surface area contributed by atoms with Crippen molar-refractivity contribution in [1.29, 1.82) is 0 Å². The molecule has 2 amide bonds. The van der Waals surface area contributed by atoms with Crippen LogP contribution in [0.1, 0.15) is 12.8 Å². The SMILES string of the molecule is O=C1CCC(Nc2cc3ccccc3cn2)C(=O)N1. The molecule has 1 aromatic heterocycles. The van der Waals surface area contributed by atoms with Crippen LogP contribution < -0.4 is 10.6 Å². The van der Waals surface area contributed by atoms with Crippen LogP contribution in [0.15, 0.2) is 36.5 Å². The zero-order valence-electron chi connectivity index (χ0n) is 10.2. The average Bonchev–Trinajstić information content (AvgIpc) is 2.42. The number of amides is 2. The van der Waals surface area contributed by atoms with Crippen molar-refractivity contribution in [2.75, 3.05) is 5.32 Å². The Bertz CT molecular complexity index is 654. The summed E-state index contributed by atoms with van der Waals surface area (Å²) < 4.78 is 0. The molecule has 1 unspecified atom stereocenters. The van der Waals surface area contributed by atoms with Crippen LogP contribution in [0.2, 0.25) is 0 Å². The smallest absolute Gasteiger partial charge is 0.249 e. The van der Waals surface area contributed by atoms with Gasteiger partial charge in [0.25, 0.3) is 0 Å². The minimum Gasteiger partial charge on any atom is -0.358 e. The topological polar surface area (TPSA) is 71.1 Å². The van der Waals surface area contributed by atoms with Crippen molar-refractivity contribution in [1.82, 2.24) is 10.3 Å². The lowest BCUT2D eigenvalue weighted by Gasteiger charge is -2.22. The molecule has 5 heteroatoms. The number of anilines is 1. The number of piperidine rings is 1. The fraction of sp³-hybridized carbons (Fsp3) is 0.214. The van der Waals surface area contributed by atoms with Gasteiger partial charge >= 0.3 is 0 Å². The molecule has 0 spiro atoms. The summed E-state index contributed by atoms with van der Waals surface area (Å²) in [5.74, 6) is 0.147. The monoisotopic (exact) mass is 255 g/mol. The molecule has 1 aliphatic heterocycles. The quantitative estimate of drug-likeness (QED) is 0.797. The summed E-state index contributed by atoms with van der Waals surface area (Å²) in [6.07, 6.45) is 2.62. The molecule has 5 nitrogen and oxygen atoms in total. The lowest BCUT2D eigenvalue weighted by atomic mass is 10.1. The maximum Gasteiger partial charge on any atom is 0.249 e. The van der Waals surface area contributed by atoms with Crippen molar-refractivity contribution < 1.29 is 9.59 Å². The van der Waals surface area contributed by atoms with Gasteiger partial charge in [-0.15, -0.1) is 0 Å². The lowest BCUT2D eigenvalue weighted by Crippen LogP contribution is -2.47. The number of hydrogen-bond donors (Lipinski definition) is 2. The number of imide groups is 1. The molecule has 1 aliphatic rings. The van der Waals surface area contributed by atoms with E-state index in [9.17, 15) is 9.59 Å². The third kappa shape index (κ3) is 2.40. The lowest BCUT2D eigenvalue weighted by molar-refractivity contribution is -0.133. The van der Waals surface area contributed by atoms with Gasteiger partial charge in [-0.2, -0.15) is 0 Å². The Morgan fingerprint density at radius 1 is 1.21 bits per heavy atom. The van der Waals surface area contributed by atoms with Crippen LogP contribution in [-0.4, -0.2) is 22.8 Å². The minimum atomic E-state index is -0.397. The van der Waals surface area contributed by atoms with E-state index in [1.54, 1.807) is 6.20 Å². The number of rotatable bonds is 2. The predicted octanol–water partition coefficient (Wildman–Crippen LogP) is 1.45. The largest absolute Gasteiger partial charge is 0.358 e. The molecule has 0 aliphatic carbocycles. The van der Waals surface area contributed by atoms with Crippen LogP contribution in [0.4, 0.5) is 5.82 Å². The standard InChI is InChI=1S/C14H13N3O2/c18-13-6-5-11(14(19)17-13)16-12-7-9-3-1-2-4-10(9)8-15-12/h1-4,7-8,11H,5-6H2,(H,15,16)(H,17,18,19). The summed E-state index contributed by atoms with van der Waals surface area (Å²) in [6, 6.07) is 9.39. The summed E-state index contributed by atoms with van der Waals surface area (Å²) in [6.45, 7) is 0. The first-order valence-electron chi connectivity index (χ1n) is 6.17. The fourth-order valence-corrected chi connectivity index (χ4v) is 2.17. The molecule has 3 rings (SSSR count). The van der Waals surface area contributed by atoms with Gasteiger partial charge in [-0.05, 0) is 17.9 Å². The molecule has 1 fully saturated rings. The first-order chi connectivity index (χ1) is 9.22. The van der Waals surface area contributed by atoms with Gasteiger partial charge in [-0.25, -0.2) is 4.98 Å². The number of nitrogens with zero attached hydrogens (tertiary/aromatic N) is 1. The van der Waals surface area contributed by atoms with Crippen molar-refractivity contribution >= 4 is 28.4 Å². The van der Waals surface area contributed by atoms with E-state index in [1.165, 1.54) is 0 Å². The molecule has 2 heterocycles. The molecule has 2 aromatic rings. The van der Waals surface area contributed by atoms with E-state index in [0.717, 1.165) is 10.8 Å². The first kappa shape index (κ1) is 11.6. The number of fused-ring (bicyclic) bond motifs is 1. The van der Waals surface area contributed by atoms with Gasteiger partial charge in [-0.3, -0.25) is 14.9 Å². The van der Waals surface area contributed by atoms with Crippen LogP contribution in [0.25, 0.3) is 10.8 Å². The Morgan fingerprint density at radius 2 is 2.00 bits per heavy atom. The second-order valence-electron chi connectivity index (χ2n) is 4.56. The van der Waals surface area contributed by atoms with Gasteiger partial charge in [0.05, 0.1) is 0 Å². The van der Waals surface area contributed by atoms with E-state index in [-0.39, 0.29) is 11.8 Å². The third-order valence-electron chi connectivity index (χ3n) is 3.19. The van der Waals surface area contributed by atoms with Gasteiger partial charge in [-0.1, -0.05) is 24.3 Å². The van der Waals surface area contributed by atoms with E-state index < -0.39 is 6.04 Å². The third-order valence-corrected chi connectivity index (χ3v) is 3.19. The summed E-state index contributed by atoms with van der Waals surface area (Å²) in [7, 11) is 0. The molecule has 0 radical (unpaired) electrons. The highest BCUT2D eigenvalue weighted by Gasteiger charge is 2.26. The maximum atomic E-state index is 11.7. The van der Waals surface area contributed by atoms with E-state index in [0.29, 0.717) is 18.7 Å². The highest BCUT2D eigenvalue weighted by Crippen LogP contribution is 2.18. The fourth-order valence-electron chi connectivity index (χ4n) is 2.17. The molecular formula is C14H13N3O2. The Kier molecular flexibility index (Phi) is 2.87. The molecule has 1 aromatic carbocycles. The average molecular weight is 255 g/mol. The van der Waals surface area contributed by atoms with E-state index in [2.05, 4.69) is 15.6 Å². The molecule has 2 N–H and O–H groups in total. The molecule has 19 heavy (non-hydrogen) atoms. The minimum absolute atomic E-state index is 0.213. The summed E-state index contributed by atoms with van der Waals surface area (Å²) in [5.41, 5.74) is 0. The number of carbonyl (C=O) groups is 2. The second-order valence-corrected chi connectivity index (χ2v) is 4.56. The van der Waals surface area contributed by atoms with Crippen molar-refractivity contribution in [2.45, 2.75) is 18.9 Å². The van der Waals surface area contributed by atoms with Gasteiger partial charge in [0.2, 0.25) is 11.8 Å². The van der Waals surface area contributed by atoms with Crippen LogP contribution in [0, 0.1) is 0 Å². The molecule has 96 valence electrons. The number of carbonyl (C=O) groups excluding carboxylic acids is 2. The van der Waals surface area contributed by atoms with Crippen molar-refractivity contribution in [2.24, 2.45) is 0 Å². The normalized spacial score (nSPS) is 19.3. The second kappa shape index (κ2) is 4.68. The van der Waals surface area contributed by atoms with Crippen molar-refractivity contribution in [3.8, 4) is 0 Å². The summed E-state index contributed by atoms with van der Waals surface area (Å²) in [4.78, 5) is 27.0. The van der Waals surface area contributed by atoms with E-state index in [4.69, 9.17) is 0 Å². The molecule has 0 saturated carbocycles. The number of pyridine rings is 1. The Labute approximate surface area is 110 Å². The van der Waals surface area contributed by atoms with Gasteiger partial charge in [0.1, 0.15) is 11.9 Å².